The Bertz CT molecular complexity index is 657. The van der Waals surface area contributed by atoms with Gasteiger partial charge in [0.05, 0.1) is 26.0 Å². The van der Waals surface area contributed by atoms with Gasteiger partial charge in [0.2, 0.25) is 15.9 Å². The number of carbonyl (C=O) groups is 1. The van der Waals surface area contributed by atoms with Crippen LogP contribution < -0.4 is 10.0 Å². The average Bonchev–Trinajstić information content (AvgIpc) is 2.63. The van der Waals surface area contributed by atoms with E-state index in [1.54, 1.807) is 0 Å². The van der Waals surface area contributed by atoms with Crippen LogP contribution in [0.1, 0.15) is 33.6 Å². The number of likely N-dealkylation sites (tertiary alicyclic amines) is 1. The predicted molar refractivity (Wildman–Crippen MR) is 125 cm³/mol. The van der Waals surface area contributed by atoms with Crippen LogP contribution in [0.3, 0.4) is 0 Å². The van der Waals surface area contributed by atoms with Crippen molar-refractivity contribution in [3.05, 3.63) is 0 Å². The first-order chi connectivity index (χ1) is 13.1. The van der Waals surface area contributed by atoms with Crippen molar-refractivity contribution in [1.29, 1.82) is 0 Å². The summed E-state index contributed by atoms with van der Waals surface area (Å²) >= 11 is 0. The molecule has 0 unspecified atom stereocenters. The molecule has 0 aromatic heterocycles. The van der Waals surface area contributed by atoms with Crippen LogP contribution in [-0.2, 0) is 19.6 Å². The van der Waals surface area contributed by atoms with Crippen molar-refractivity contribution >= 4 is 45.9 Å². The van der Waals surface area contributed by atoms with Crippen LogP contribution in [0, 0.1) is 5.92 Å². The molecule has 0 saturated carbocycles. The second-order valence-corrected chi connectivity index (χ2v) is 9.88. The third kappa shape index (κ3) is 8.93. The fourth-order valence-electron chi connectivity index (χ4n) is 3.61. The number of aliphatic imine (C=N–C) groups is 1. The highest BCUT2D eigenvalue weighted by atomic mass is 127. The number of sulfonamides is 1. The van der Waals surface area contributed by atoms with Gasteiger partial charge in [-0.3, -0.25) is 9.79 Å². The maximum atomic E-state index is 12.7. The van der Waals surface area contributed by atoms with Gasteiger partial charge in [-0.1, -0.05) is 0 Å². The average molecular weight is 545 g/mol. The van der Waals surface area contributed by atoms with E-state index in [4.69, 9.17) is 4.74 Å². The summed E-state index contributed by atoms with van der Waals surface area (Å²) in [4.78, 5) is 21.4. The molecule has 2 N–H and O–H groups in total. The molecule has 11 heteroatoms. The maximum absolute atomic E-state index is 12.7. The molecule has 2 heterocycles. The highest BCUT2D eigenvalue weighted by molar-refractivity contribution is 14.0. The Hall–Kier alpha value is -0.660. The van der Waals surface area contributed by atoms with E-state index in [2.05, 4.69) is 19.9 Å². The second kappa shape index (κ2) is 11.7. The highest BCUT2D eigenvalue weighted by Crippen LogP contribution is 2.20. The Balaban J connectivity index is 0.00000420. The zero-order valence-electron chi connectivity index (χ0n) is 17.9. The third-order valence-corrected chi connectivity index (χ3v) is 5.81. The van der Waals surface area contributed by atoms with Gasteiger partial charge >= 0.3 is 0 Å². The molecule has 9 nitrogen and oxygen atoms in total. The van der Waals surface area contributed by atoms with Gasteiger partial charge in [-0.15, -0.1) is 24.0 Å². The van der Waals surface area contributed by atoms with Crippen LogP contribution in [0.5, 0.6) is 0 Å². The van der Waals surface area contributed by atoms with E-state index in [-0.39, 0.29) is 35.8 Å². The molecule has 0 radical (unpaired) electrons. The molecule has 29 heavy (non-hydrogen) atoms. The Morgan fingerprint density at radius 1 is 1.14 bits per heavy atom. The van der Waals surface area contributed by atoms with Crippen molar-refractivity contribution in [1.82, 2.24) is 19.8 Å². The number of hydrogen-bond acceptors (Lipinski definition) is 5. The van der Waals surface area contributed by atoms with Crippen molar-refractivity contribution in [2.45, 2.75) is 39.2 Å². The number of morpholine rings is 1. The van der Waals surface area contributed by atoms with Gasteiger partial charge in [0.25, 0.3) is 0 Å². The maximum Gasteiger partial charge on any atom is 0.225 e. The summed E-state index contributed by atoms with van der Waals surface area (Å²) in [5, 5.41) is 3.28. The lowest BCUT2D eigenvalue weighted by atomic mass is 9.95. The minimum absolute atomic E-state index is 0. The number of ether oxygens (including phenoxy) is 1. The van der Waals surface area contributed by atoms with Gasteiger partial charge in [-0.2, -0.15) is 0 Å². The number of rotatable bonds is 6. The summed E-state index contributed by atoms with van der Waals surface area (Å²) in [5.74, 6) is 1.06. The number of nitrogens with zero attached hydrogens (tertiary/aromatic N) is 3. The van der Waals surface area contributed by atoms with Crippen molar-refractivity contribution in [3.63, 3.8) is 0 Å². The molecule has 0 atom stereocenters. The van der Waals surface area contributed by atoms with Crippen LogP contribution in [0.4, 0.5) is 0 Å². The van der Waals surface area contributed by atoms with Gasteiger partial charge in [0.15, 0.2) is 5.96 Å². The molecular weight excluding hydrogens is 509 g/mol. The van der Waals surface area contributed by atoms with Crippen LogP contribution >= 0.6 is 24.0 Å². The van der Waals surface area contributed by atoms with Gasteiger partial charge in [-0.05, 0) is 33.6 Å². The normalized spacial score (nSPS) is 19.7. The van der Waals surface area contributed by atoms with E-state index in [9.17, 15) is 13.2 Å². The van der Waals surface area contributed by atoms with E-state index in [0.717, 1.165) is 44.7 Å². The summed E-state index contributed by atoms with van der Waals surface area (Å²) in [5.41, 5.74) is -0.668. The second-order valence-electron chi connectivity index (χ2n) is 8.13. The van der Waals surface area contributed by atoms with E-state index >= 15 is 0 Å². The molecular formula is C18H36IN5O4S. The number of halogens is 1. The zero-order valence-corrected chi connectivity index (χ0v) is 21.1. The van der Waals surface area contributed by atoms with Gasteiger partial charge in [-0.25, -0.2) is 13.1 Å². The molecule has 2 aliphatic rings. The van der Waals surface area contributed by atoms with Crippen molar-refractivity contribution in [2.75, 3.05) is 58.7 Å². The summed E-state index contributed by atoms with van der Waals surface area (Å²) in [7, 11) is -3.30. The smallest absolute Gasteiger partial charge is 0.225 e. The topological polar surface area (TPSA) is 103 Å². The Morgan fingerprint density at radius 3 is 2.24 bits per heavy atom. The number of nitrogens with one attached hydrogen (secondary N) is 2. The van der Waals surface area contributed by atoms with Crippen molar-refractivity contribution in [2.24, 2.45) is 10.9 Å². The standard InChI is InChI=1S/C18H35N5O4S.HI/c1-5-19-17(20-14-18(2,3)21-28(4,25)26)23-8-6-15(7-9-23)16(24)22-10-12-27-13-11-22;/h15,21H,5-14H2,1-4H3,(H,19,20);1H. The zero-order chi connectivity index (χ0) is 20.8. The minimum atomic E-state index is -3.30. The van der Waals surface area contributed by atoms with Crippen molar-refractivity contribution in [3.8, 4) is 0 Å². The molecule has 0 aromatic rings. The Kier molecular flexibility index (Phi) is 10.6. The van der Waals surface area contributed by atoms with Crippen LogP contribution in [0.25, 0.3) is 0 Å². The molecule has 0 aromatic carbocycles. The Morgan fingerprint density at radius 2 is 1.72 bits per heavy atom. The molecule has 170 valence electrons. The first-order valence-corrected chi connectivity index (χ1v) is 11.9. The summed E-state index contributed by atoms with van der Waals surface area (Å²) in [6.07, 6.45) is 2.75. The SMILES string of the molecule is CCNC(=NCC(C)(C)NS(C)(=O)=O)N1CCC(C(=O)N2CCOCC2)CC1.I. The fourth-order valence-corrected chi connectivity index (χ4v) is 4.68. The van der Waals surface area contributed by atoms with E-state index < -0.39 is 15.6 Å². The van der Waals surface area contributed by atoms with Gasteiger partial charge < -0.3 is 19.9 Å². The molecule has 2 saturated heterocycles. The number of piperidine rings is 1. The van der Waals surface area contributed by atoms with Crippen molar-refractivity contribution < 1.29 is 17.9 Å². The number of hydrogen-bond donors (Lipinski definition) is 2. The molecule has 2 fully saturated rings. The van der Waals surface area contributed by atoms with Gasteiger partial charge in [0.1, 0.15) is 0 Å². The van der Waals surface area contributed by atoms with E-state index in [0.29, 0.717) is 32.8 Å². The first-order valence-electron chi connectivity index (χ1n) is 10.00. The Labute approximate surface area is 192 Å². The van der Waals surface area contributed by atoms with Crippen LogP contribution in [-0.4, -0.2) is 94.4 Å². The monoisotopic (exact) mass is 545 g/mol. The minimum Gasteiger partial charge on any atom is -0.378 e. The third-order valence-electron chi connectivity index (χ3n) is 4.89. The lowest BCUT2D eigenvalue weighted by molar-refractivity contribution is -0.140. The number of amides is 1. The number of carbonyl (C=O) groups excluding carboxylic acids is 1. The molecule has 2 aliphatic heterocycles. The van der Waals surface area contributed by atoms with Crippen LogP contribution in [0.2, 0.25) is 0 Å². The summed E-state index contributed by atoms with van der Waals surface area (Å²) < 4.78 is 31.0. The lowest BCUT2D eigenvalue weighted by Gasteiger charge is -2.37. The van der Waals surface area contributed by atoms with Gasteiger partial charge in [0, 0.05) is 44.2 Å². The molecule has 2 rings (SSSR count). The van der Waals surface area contributed by atoms with Crippen LogP contribution in [0.15, 0.2) is 4.99 Å². The lowest BCUT2D eigenvalue weighted by Crippen LogP contribution is -2.51. The molecule has 0 spiro atoms. The van der Waals surface area contributed by atoms with E-state index in [1.807, 2.05) is 25.7 Å². The quantitative estimate of drug-likeness (QED) is 0.286. The first kappa shape index (κ1) is 26.4. The number of guanidine groups is 1. The molecule has 0 bridgehead atoms. The highest BCUT2D eigenvalue weighted by Gasteiger charge is 2.30. The molecule has 1 amide bonds. The fraction of sp³-hybridized carbons (Fsp3) is 0.889. The molecule has 0 aliphatic carbocycles. The van der Waals surface area contributed by atoms with E-state index in [1.165, 1.54) is 0 Å². The summed E-state index contributed by atoms with van der Waals surface area (Å²) in [6, 6.07) is 0. The predicted octanol–water partition coefficient (Wildman–Crippen LogP) is 0.469. The summed E-state index contributed by atoms with van der Waals surface area (Å²) in [6.45, 7) is 10.8. The largest absolute Gasteiger partial charge is 0.378 e.